The van der Waals surface area contributed by atoms with E-state index in [2.05, 4.69) is 26.1 Å². The maximum Gasteiger partial charge on any atom is 0.183 e. The van der Waals surface area contributed by atoms with E-state index in [0.29, 0.717) is 5.41 Å². The summed E-state index contributed by atoms with van der Waals surface area (Å²) in [7, 11) is 0. The van der Waals surface area contributed by atoms with Crippen LogP contribution in [-0.2, 0) is 12.8 Å². The zero-order valence-corrected chi connectivity index (χ0v) is 11.9. The first-order valence-corrected chi connectivity index (χ1v) is 7.59. The van der Waals surface area contributed by atoms with E-state index >= 15 is 0 Å². The maximum atomic E-state index is 4.75. The Bertz CT molecular complexity index is 412. The second kappa shape index (κ2) is 3.98. The highest BCUT2D eigenvalue weighted by molar-refractivity contribution is 7.15. The number of nitrogens with zero attached hydrogens (tertiary/aromatic N) is 1. The van der Waals surface area contributed by atoms with Crippen molar-refractivity contribution in [1.29, 1.82) is 0 Å². The van der Waals surface area contributed by atoms with Gasteiger partial charge in [0, 0.05) is 10.9 Å². The van der Waals surface area contributed by atoms with Gasteiger partial charge in [0.1, 0.15) is 0 Å². The molecule has 0 aromatic carbocycles. The lowest BCUT2D eigenvalue weighted by Crippen LogP contribution is -2.26. The third-order valence-electron chi connectivity index (χ3n) is 4.07. The molecular formula is C14H22N2S. The van der Waals surface area contributed by atoms with Crippen LogP contribution in [0.3, 0.4) is 0 Å². The average Bonchev–Trinajstić information content (AvgIpc) is 2.95. The van der Waals surface area contributed by atoms with Gasteiger partial charge in [0.05, 0.1) is 5.69 Å². The van der Waals surface area contributed by atoms with Crippen molar-refractivity contribution in [2.75, 3.05) is 5.32 Å². The highest BCUT2D eigenvalue weighted by Crippen LogP contribution is 2.40. The summed E-state index contributed by atoms with van der Waals surface area (Å²) in [6.45, 7) is 7.10. The van der Waals surface area contributed by atoms with Gasteiger partial charge in [0.25, 0.3) is 0 Å². The molecule has 94 valence electrons. The van der Waals surface area contributed by atoms with Gasteiger partial charge in [-0.25, -0.2) is 4.98 Å². The van der Waals surface area contributed by atoms with E-state index in [1.807, 2.05) is 11.3 Å². The van der Waals surface area contributed by atoms with Crippen LogP contribution in [0.4, 0.5) is 5.13 Å². The Morgan fingerprint density at radius 2 is 2.00 bits per heavy atom. The topological polar surface area (TPSA) is 24.9 Å². The number of thiazole rings is 1. The molecule has 1 aromatic rings. The second-order valence-electron chi connectivity index (χ2n) is 6.61. The normalized spacial score (nSPS) is 24.5. The Labute approximate surface area is 108 Å². The van der Waals surface area contributed by atoms with Crippen molar-refractivity contribution >= 4 is 16.5 Å². The summed E-state index contributed by atoms with van der Waals surface area (Å²) in [6, 6.07) is 0.723. The molecule has 0 spiro atoms. The Balaban J connectivity index is 1.75. The number of rotatable bonds is 2. The van der Waals surface area contributed by atoms with E-state index in [4.69, 9.17) is 4.98 Å². The van der Waals surface area contributed by atoms with Gasteiger partial charge in [-0.3, -0.25) is 0 Å². The molecule has 0 bridgehead atoms. The summed E-state index contributed by atoms with van der Waals surface area (Å²) < 4.78 is 0. The molecule has 0 aliphatic heterocycles. The summed E-state index contributed by atoms with van der Waals surface area (Å²) in [5.74, 6) is 0.823. The molecule has 1 atom stereocenters. The van der Waals surface area contributed by atoms with Gasteiger partial charge >= 0.3 is 0 Å². The molecule has 3 rings (SSSR count). The van der Waals surface area contributed by atoms with E-state index in [0.717, 1.165) is 12.0 Å². The standard InChI is InChI=1S/C14H22N2S/c1-14(2,3)9-4-7-11-12(8-9)17-13(16-11)15-10-5-6-10/h9-10H,4-8H2,1-3H3,(H,15,16). The van der Waals surface area contributed by atoms with Crippen LogP contribution in [0.2, 0.25) is 0 Å². The molecule has 1 unspecified atom stereocenters. The lowest BCUT2D eigenvalue weighted by Gasteiger charge is -2.33. The minimum absolute atomic E-state index is 0.436. The zero-order chi connectivity index (χ0) is 12.0. The van der Waals surface area contributed by atoms with E-state index in [-0.39, 0.29) is 0 Å². The minimum atomic E-state index is 0.436. The molecule has 0 amide bonds. The Kier molecular flexibility index (Phi) is 2.69. The van der Waals surface area contributed by atoms with Crippen LogP contribution in [0.5, 0.6) is 0 Å². The van der Waals surface area contributed by atoms with Crippen molar-refractivity contribution in [1.82, 2.24) is 4.98 Å². The van der Waals surface area contributed by atoms with E-state index in [1.165, 1.54) is 42.9 Å². The molecule has 1 N–H and O–H groups in total. The predicted molar refractivity (Wildman–Crippen MR) is 73.7 cm³/mol. The van der Waals surface area contributed by atoms with Crippen molar-refractivity contribution in [2.45, 2.75) is 58.9 Å². The summed E-state index contributed by atoms with van der Waals surface area (Å²) in [6.07, 6.45) is 6.38. The maximum absolute atomic E-state index is 4.75. The zero-order valence-electron chi connectivity index (χ0n) is 11.0. The molecular weight excluding hydrogens is 228 g/mol. The van der Waals surface area contributed by atoms with Crippen LogP contribution in [0.1, 0.15) is 50.6 Å². The van der Waals surface area contributed by atoms with E-state index in [1.54, 1.807) is 4.88 Å². The first-order chi connectivity index (χ1) is 8.02. The number of hydrogen-bond donors (Lipinski definition) is 1. The molecule has 2 aliphatic carbocycles. The molecule has 1 fully saturated rings. The van der Waals surface area contributed by atoms with Crippen LogP contribution in [0.25, 0.3) is 0 Å². The minimum Gasteiger partial charge on any atom is -0.359 e. The summed E-state index contributed by atoms with van der Waals surface area (Å²) >= 11 is 1.90. The van der Waals surface area contributed by atoms with E-state index < -0.39 is 0 Å². The largest absolute Gasteiger partial charge is 0.359 e. The fourth-order valence-electron chi connectivity index (χ4n) is 2.58. The third kappa shape index (κ3) is 2.49. The molecule has 3 heteroatoms. The first kappa shape index (κ1) is 11.5. The molecule has 1 heterocycles. The molecule has 2 aliphatic rings. The average molecular weight is 250 g/mol. The molecule has 2 nitrogen and oxygen atoms in total. The fraction of sp³-hybridized carbons (Fsp3) is 0.786. The Morgan fingerprint density at radius 1 is 1.24 bits per heavy atom. The molecule has 17 heavy (non-hydrogen) atoms. The fourth-order valence-corrected chi connectivity index (χ4v) is 3.74. The van der Waals surface area contributed by atoms with Crippen LogP contribution in [0, 0.1) is 11.3 Å². The Hall–Kier alpha value is -0.570. The van der Waals surface area contributed by atoms with Crippen molar-refractivity contribution in [3.8, 4) is 0 Å². The monoisotopic (exact) mass is 250 g/mol. The summed E-state index contributed by atoms with van der Waals surface area (Å²) in [4.78, 5) is 6.30. The lowest BCUT2D eigenvalue weighted by molar-refractivity contribution is 0.217. The van der Waals surface area contributed by atoms with Crippen LogP contribution in [0.15, 0.2) is 0 Å². The SMILES string of the molecule is CC(C)(C)C1CCc2nc(NC3CC3)sc2C1. The van der Waals surface area contributed by atoms with E-state index in [9.17, 15) is 0 Å². The smallest absolute Gasteiger partial charge is 0.183 e. The highest BCUT2D eigenvalue weighted by Gasteiger charge is 2.31. The van der Waals surface area contributed by atoms with Crippen LogP contribution in [-0.4, -0.2) is 11.0 Å². The Morgan fingerprint density at radius 3 is 2.65 bits per heavy atom. The van der Waals surface area contributed by atoms with Crippen LogP contribution >= 0.6 is 11.3 Å². The van der Waals surface area contributed by atoms with Crippen molar-refractivity contribution in [3.05, 3.63) is 10.6 Å². The third-order valence-corrected chi connectivity index (χ3v) is 5.12. The number of fused-ring (bicyclic) bond motifs is 1. The molecule has 0 radical (unpaired) electrons. The number of nitrogens with one attached hydrogen (secondary N) is 1. The lowest BCUT2D eigenvalue weighted by atomic mass is 9.73. The van der Waals surface area contributed by atoms with Crippen LogP contribution < -0.4 is 5.32 Å². The predicted octanol–water partition coefficient (Wildman–Crippen LogP) is 3.87. The number of anilines is 1. The molecule has 0 saturated heterocycles. The highest BCUT2D eigenvalue weighted by atomic mass is 32.1. The summed E-state index contributed by atoms with van der Waals surface area (Å²) in [5.41, 5.74) is 1.81. The van der Waals surface area contributed by atoms with Gasteiger partial charge in [0.15, 0.2) is 5.13 Å². The molecule has 1 saturated carbocycles. The summed E-state index contributed by atoms with van der Waals surface area (Å²) in [5, 5.41) is 4.71. The van der Waals surface area contributed by atoms with Gasteiger partial charge in [-0.1, -0.05) is 20.8 Å². The number of hydrogen-bond acceptors (Lipinski definition) is 3. The molecule has 1 aromatic heterocycles. The van der Waals surface area contributed by atoms with Gasteiger partial charge < -0.3 is 5.32 Å². The van der Waals surface area contributed by atoms with Gasteiger partial charge in [-0.2, -0.15) is 0 Å². The first-order valence-electron chi connectivity index (χ1n) is 6.77. The van der Waals surface area contributed by atoms with Gasteiger partial charge in [-0.05, 0) is 43.4 Å². The quantitative estimate of drug-likeness (QED) is 0.862. The number of aromatic nitrogens is 1. The number of aryl methyl sites for hydroxylation is 1. The van der Waals surface area contributed by atoms with Crippen molar-refractivity contribution in [2.24, 2.45) is 11.3 Å². The van der Waals surface area contributed by atoms with Crippen molar-refractivity contribution < 1.29 is 0 Å². The van der Waals surface area contributed by atoms with Gasteiger partial charge in [0.2, 0.25) is 0 Å². The second-order valence-corrected chi connectivity index (χ2v) is 7.70. The van der Waals surface area contributed by atoms with Crippen molar-refractivity contribution in [3.63, 3.8) is 0 Å². The van der Waals surface area contributed by atoms with Gasteiger partial charge in [-0.15, -0.1) is 11.3 Å².